The molecule has 1 amide bonds. The van der Waals surface area contributed by atoms with E-state index in [1.54, 1.807) is 6.92 Å². The number of primary amides is 1. The molecule has 106 valence electrons. The Hall–Kier alpha value is -1.69. The molecule has 0 spiro atoms. The average molecular weight is 272 g/mol. The molecule has 19 heavy (non-hydrogen) atoms. The van der Waals surface area contributed by atoms with Crippen molar-refractivity contribution in [3.63, 3.8) is 0 Å². The number of nitrogens with two attached hydrogens (primary N) is 1. The van der Waals surface area contributed by atoms with Gasteiger partial charge in [-0.3, -0.25) is 4.79 Å². The van der Waals surface area contributed by atoms with Gasteiger partial charge >= 0.3 is 0 Å². The number of hydrogen-bond acceptors (Lipinski definition) is 3. The lowest BCUT2D eigenvalue weighted by Crippen LogP contribution is -2.53. The summed E-state index contributed by atoms with van der Waals surface area (Å²) in [4.78, 5) is 11.3. The predicted molar refractivity (Wildman–Crippen MR) is 67.7 cm³/mol. The maximum Gasteiger partial charge on any atom is 0.237 e. The fraction of sp³-hybridized carbons (Fsp3) is 0.462. The minimum atomic E-state index is -0.902. The molecule has 1 rings (SSSR count). The Bertz CT molecular complexity index is 434. The summed E-state index contributed by atoms with van der Waals surface area (Å²) in [5.74, 6) is -1.83. The molecule has 0 heterocycles. The number of rotatable bonds is 7. The number of halogens is 2. The van der Waals surface area contributed by atoms with Gasteiger partial charge in [0.2, 0.25) is 5.91 Å². The first-order chi connectivity index (χ1) is 8.87. The number of nitrogens with one attached hydrogen (secondary N) is 1. The van der Waals surface area contributed by atoms with Crippen LogP contribution in [0.1, 0.15) is 20.3 Å². The van der Waals surface area contributed by atoms with Crippen molar-refractivity contribution in [2.24, 2.45) is 5.73 Å². The van der Waals surface area contributed by atoms with E-state index in [9.17, 15) is 13.6 Å². The molecule has 0 saturated heterocycles. The number of carbonyl (C=O) groups is 1. The van der Waals surface area contributed by atoms with Crippen molar-refractivity contribution in [3.05, 3.63) is 29.8 Å². The first-order valence-electron chi connectivity index (χ1n) is 6.01. The molecule has 0 fully saturated rings. The van der Waals surface area contributed by atoms with Crippen LogP contribution < -0.4 is 15.8 Å². The molecule has 1 aromatic rings. The topological polar surface area (TPSA) is 64.3 Å². The van der Waals surface area contributed by atoms with Gasteiger partial charge in [0.25, 0.3) is 0 Å². The zero-order valence-electron chi connectivity index (χ0n) is 11.0. The van der Waals surface area contributed by atoms with Gasteiger partial charge in [-0.1, -0.05) is 6.92 Å². The van der Waals surface area contributed by atoms with Gasteiger partial charge < -0.3 is 15.8 Å². The van der Waals surface area contributed by atoms with E-state index < -0.39 is 23.1 Å². The van der Waals surface area contributed by atoms with Gasteiger partial charge in [0, 0.05) is 24.6 Å². The smallest absolute Gasteiger partial charge is 0.237 e. The van der Waals surface area contributed by atoms with Crippen molar-refractivity contribution in [2.75, 3.05) is 13.2 Å². The molecular weight excluding hydrogens is 254 g/mol. The van der Waals surface area contributed by atoms with E-state index in [0.29, 0.717) is 13.0 Å². The summed E-state index contributed by atoms with van der Waals surface area (Å²) in [5.41, 5.74) is 4.41. The monoisotopic (exact) mass is 272 g/mol. The van der Waals surface area contributed by atoms with Crippen molar-refractivity contribution in [2.45, 2.75) is 25.8 Å². The van der Waals surface area contributed by atoms with Gasteiger partial charge in [-0.2, -0.15) is 0 Å². The largest absolute Gasteiger partial charge is 0.493 e. The Balaban J connectivity index is 2.59. The van der Waals surface area contributed by atoms with Crippen molar-refractivity contribution in [1.82, 2.24) is 5.32 Å². The zero-order chi connectivity index (χ0) is 14.5. The van der Waals surface area contributed by atoms with Gasteiger partial charge in [0.1, 0.15) is 17.4 Å². The van der Waals surface area contributed by atoms with E-state index in [4.69, 9.17) is 10.5 Å². The fourth-order valence-electron chi connectivity index (χ4n) is 1.67. The molecule has 0 saturated carbocycles. The van der Waals surface area contributed by atoms with Crippen LogP contribution in [0, 0.1) is 11.6 Å². The Kier molecular flexibility index (Phi) is 5.23. The van der Waals surface area contributed by atoms with Gasteiger partial charge in [-0.05, 0) is 13.5 Å². The van der Waals surface area contributed by atoms with E-state index in [0.717, 1.165) is 18.2 Å². The summed E-state index contributed by atoms with van der Waals surface area (Å²) in [5, 5.41) is 2.96. The molecule has 1 atom stereocenters. The van der Waals surface area contributed by atoms with Crippen LogP contribution in [0.25, 0.3) is 0 Å². The van der Waals surface area contributed by atoms with Crippen molar-refractivity contribution < 1.29 is 18.3 Å². The molecule has 3 N–H and O–H groups in total. The van der Waals surface area contributed by atoms with Crippen molar-refractivity contribution in [1.29, 1.82) is 0 Å². The number of likely N-dealkylation sites (N-methyl/N-ethyl adjacent to an activating group) is 1. The summed E-state index contributed by atoms with van der Waals surface area (Å²) in [6, 6.07) is 2.93. The molecule has 0 aliphatic carbocycles. The third kappa shape index (κ3) is 4.48. The first kappa shape index (κ1) is 15.4. The Morgan fingerprint density at radius 2 is 1.95 bits per heavy atom. The van der Waals surface area contributed by atoms with Crippen molar-refractivity contribution >= 4 is 5.91 Å². The maximum atomic E-state index is 12.9. The molecule has 1 aromatic carbocycles. The van der Waals surface area contributed by atoms with E-state index >= 15 is 0 Å². The minimum Gasteiger partial charge on any atom is -0.493 e. The number of benzene rings is 1. The number of hydrogen-bond donors (Lipinski definition) is 2. The molecule has 0 aliphatic rings. The quantitative estimate of drug-likeness (QED) is 0.792. The highest BCUT2D eigenvalue weighted by molar-refractivity contribution is 5.84. The molecule has 4 nitrogen and oxygen atoms in total. The van der Waals surface area contributed by atoms with Crippen LogP contribution in [-0.2, 0) is 4.79 Å². The highest BCUT2D eigenvalue weighted by Gasteiger charge is 2.29. The van der Waals surface area contributed by atoms with Crippen LogP contribution in [0.3, 0.4) is 0 Å². The van der Waals surface area contributed by atoms with Crippen LogP contribution in [0.2, 0.25) is 0 Å². The lowest BCUT2D eigenvalue weighted by molar-refractivity contribution is -0.124. The van der Waals surface area contributed by atoms with Crippen LogP contribution in [0.5, 0.6) is 5.75 Å². The first-order valence-corrected chi connectivity index (χ1v) is 6.01. The lowest BCUT2D eigenvalue weighted by atomic mass is 9.97. The molecule has 6 heteroatoms. The van der Waals surface area contributed by atoms with Crippen molar-refractivity contribution in [3.8, 4) is 5.75 Å². The summed E-state index contributed by atoms with van der Waals surface area (Å²) in [6.45, 7) is 4.21. The molecule has 1 unspecified atom stereocenters. The fourth-order valence-corrected chi connectivity index (χ4v) is 1.67. The van der Waals surface area contributed by atoms with Gasteiger partial charge in [-0.25, -0.2) is 8.78 Å². The highest BCUT2D eigenvalue weighted by atomic mass is 19.1. The van der Waals surface area contributed by atoms with Crippen LogP contribution in [0.4, 0.5) is 8.78 Å². The number of ether oxygens (including phenoxy) is 1. The van der Waals surface area contributed by atoms with Crippen LogP contribution >= 0.6 is 0 Å². The van der Waals surface area contributed by atoms with Crippen LogP contribution in [0.15, 0.2) is 18.2 Å². The third-order valence-corrected chi connectivity index (χ3v) is 2.82. The Labute approximate surface area is 110 Å². The van der Waals surface area contributed by atoms with E-state index in [1.165, 1.54) is 0 Å². The maximum absolute atomic E-state index is 12.9. The normalized spacial score (nSPS) is 13.9. The Morgan fingerprint density at radius 1 is 1.37 bits per heavy atom. The zero-order valence-corrected chi connectivity index (χ0v) is 11.0. The Morgan fingerprint density at radius 3 is 2.42 bits per heavy atom. The molecule has 0 bridgehead atoms. The minimum absolute atomic E-state index is 0.0841. The highest BCUT2D eigenvalue weighted by Crippen LogP contribution is 2.17. The third-order valence-electron chi connectivity index (χ3n) is 2.82. The standard InChI is InChI=1S/C13H18F2N2O2/c1-3-17-13(2,12(16)18)4-5-19-11-7-9(14)6-10(15)8-11/h6-8,17H,3-5H2,1-2H3,(H2,16,18). The van der Waals surface area contributed by atoms with Gasteiger partial charge in [0.15, 0.2) is 0 Å². The van der Waals surface area contributed by atoms with E-state index in [-0.39, 0.29) is 12.4 Å². The summed E-state index contributed by atoms with van der Waals surface area (Å²) >= 11 is 0. The number of amides is 1. The second-order valence-corrected chi connectivity index (χ2v) is 4.43. The summed E-state index contributed by atoms with van der Waals surface area (Å²) < 4.78 is 31.1. The predicted octanol–water partition coefficient (Wildman–Crippen LogP) is 1.59. The van der Waals surface area contributed by atoms with E-state index in [1.807, 2.05) is 6.92 Å². The summed E-state index contributed by atoms with van der Waals surface area (Å²) in [7, 11) is 0. The second-order valence-electron chi connectivity index (χ2n) is 4.43. The lowest BCUT2D eigenvalue weighted by Gasteiger charge is -2.26. The number of carbonyl (C=O) groups excluding carboxylic acids is 1. The average Bonchev–Trinajstić information content (AvgIpc) is 2.27. The molecule has 0 radical (unpaired) electrons. The molecule has 0 aliphatic heterocycles. The molecule has 0 aromatic heterocycles. The molecular formula is C13H18F2N2O2. The van der Waals surface area contributed by atoms with E-state index in [2.05, 4.69) is 5.32 Å². The summed E-state index contributed by atoms with van der Waals surface area (Å²) in [6.07, 6.45) is 0.300. The van der Waals surface area contributed by atoms with Crippen LogP contribution in [-0.4, -0.2) is 24.6 Å². The van der Waals surface area contributed by atoms with Gasteiger partial charge in [-0.15, -0.1) is 0 Å². The SMILES string of the molecule is CCNC(C)(CCOc1cc(F)cc(F)c1)C(N)=O. The second kappa shape index (κ2) is 6.47. The van der Waals surface area contributed by atoms with Gasteiger partial charge in [0.05, 0.1) is 12.1 Å².